The number of hydrogen-bond donors (Lipinski definition) is 5. The summed E-state index contributed by atoms with van der Waals surface area (Å²) in [5.41, 5.74) is 7.85. The molecule has 3 rings (SSSR count). The van der Waals surface area contributed by atoms with Gasteiger partial charge in [0.2, 0.25) is 0 Å². The summed E-state index contributed by atoms with van der Waals surface area (Å²) in [5, 5.41) is 13.9. The lowest BCUT2D eigenvalue weighted by Gasteiger charge is -2.23. The number of rotatable bonds is 6. The van der Waals surface area contributed by atoms with Crippen molar-refractivity contribution < 1.29 is 19.5 Å². The van der Waals surface area contributed by atoms with Gasteiger partial charge in [-0.2, -0.15) is 0 Å². The monoisotopic (exact) mass is 527 g/mol. The number of aromatic nitrogens is 1. The van der Waals surface area contributed by atoms with E-state index in [1.54, 1.807) is 18.2 Å². The van der Waals surface area contributed by atoms with Crippen molar-refractivity contribution in [3.63, 3.8) is 0 Å². The first kappa shape index (κ1) is 21.3. The molecule has 11 heteroatoms. The van der Waals surface area contributed by atoms with E-state index >= 15 is 0 Å². The lowest BCUT2D eigenvalue weighted by atomic mass is 10.1. The molecule has 2 amide bonds. The summed E-state index contributed by atoms with van der Waals surface area (Å²) < 4.78 is 1.37. The van der Waals surface area contributed by atoms with E-state index in [4.69, 9.17) is 10.8 Å². The molecule has 6 N–H and O–H groups in total. The molecule has 1 aliphatic rings. The van der Waals surface area contributed by atoms with E-state index in [0.717, 1.165) is 10.9 Å². The van der Waals surface area contributed by atoms with Crippen molar-refractivity contribution >= 4 is 61.0 Å². The van der Waals surface area contributed by atoms with Crippen LogP contribution in [0.15, 0.2) is 33.3 Å². The van der Waals surface area contributed by atoms with Gasteiger partial charge in [-0.1, -0.05) is 0 Å². The Bertz CT molecular complexity index is 942. The van der Waals surface area contributed by atoms with Crippen LogP contribution in [0.4, 0.5) is 11.4 Å². The highest BCUT2D eigenvalue weighted by atomic mass is 79.9. The second-order valence-electron chi connectivity index (χ2n) is 6.60. The first-order valence-corrected chi connectivity index (χ1v) is 10.3. The first-order valence-electron chi connectivity index (χ1n) is 8.74. The van der Waals surface area contributed by atoms with Gasteiger partial charge < -0.3 is 31.4 Å². The van der Waals surface area contributed by atoms with Gasteiger partial charge in [0.05, 0.1) is 20.5 Å². The topological polar surface area (TPSA) is 141 Å². The maximum absolute atomic E-state index is 12.6. The van der Waals surface area contributed by atoms with Crippen molar-refractivity contribution in [1.82, 2.24) is 10.3 Å². The van der Waals surface area contributed by atoms with Crippen LogP contribution in [0.2, 0.25) is 0 Å². The molecular weight excluding hydrogens is 510 g/mol. The molecule has 0 bridgehead atoms. The molecule has 0 radical (unpaired) electrons. The highest BCUT2D eigenvalue weighted by Gasteiger charge is 2.24. The summed E-state index contributed by atoms with van der Waals surface area (Å²) in [6, 6.07) is 6.44. The summed E-state index contributed by atoms with van der Waals surface area (Å²) in [5.74, 6) is -1.98. The lowest BCUT2D eigenvalue weighted by Crippen LogP contribution is -2.30. The Labute approximate surface area is 183 Å². The number of H-pyrrole nitrogens is 1. The van der Waals surface area contributed by atoms with E-state index in [2.05, 4.69) is 47.5 Å². The number of halogens is 2. The Morgan fingerprint density at radius 1 is 1.24 bits per heavy atom. The van der Waals surface area contributed by atoms with Crippen LogP contribution < -0.4 is 21.3 Å². The largest absolute Gasteiger partial charge is 0.480 e. The molecule has 1 fully saturated rings. The van der Waals surface area contributed by atoms with Crippen molar-refractivity contribution in [2.45, 2.75) is 12.5 Å². The predicted octanol–water partition coefficient (Wildman–Crippen LogP) is 2.14. The van der Waals surface area contributed by atoms with Gasteiger partial charge in [-0.15, -0.1) is 0 Å². The molecule has 0 aliphatic carbocycles. The van der Waals surface area contributed by atoms with Crippen molar-refractivity contribution in [2.24, 2.45) is 5.73 Å². The number of carbonyl (C=O) groups is 3. The number of nitrogens with one attached hydrogen (secondary N) is 3. The van der Waals surface area contributed by atoms with Crippen LogP contribution >= 0.6 is 31.9 Å². The van der Waals surface area contributed by atoms with Gasteiger partial charge in [-0.3, -0.25) is 14.4 Å². The average molecular weight is 529 g/mol. The normalized spacial score (nSPS) is 16.0. The standard InChI is InChI=1S/C18H19Br2N5O4/c19-11-6-13(23-16(11)20)18(29)24-12-2-1-9(17(28)22-7-15(26)27)5-14(12)25-4-3-10(21)8-25/h1-2,5-6,10,23H,3-4,7-8,21H2,(H,22,28)(H,24,29)(H,26,27)/t10-/m1/s1. The van der Waals surface area contributed by atoms with Crippen molar-refractivity contribution in [3.8, 4) is 0 Å². The summed E-state index contributed by atoms with van der Waals surface area (Å²) in [7, 11) is 0. The Hall–Kier alpha value is -2.37. The number of nitrogens with two attached hydrogens (primary N) is 1. The quantitative estimate of drug-likeness (QED) is 0.389. The number of carboxylic acid groups (broad SMARTS) is 1. The fourth-order valence-corrected chi connectivity index (χ4v) is 3.68. The van der Waals surface area contributed by atoms with Crippen molar-refractivity contribution in [2.75, 3.05) is 29.9 Å². The average Bonchev–Trinajstić information content (AvgIpc) is 3.25. The van der Waals surface area contributed by atoms with E-state index in [0.29, 0.717) is 40.3 Å². The highest BCUT2D eigenvalue weighted by molar-refractivity contribution is 9.13. The minimum atomic E-state index is -1.13. The Morgan fingerprint density at radius 2 is 2.00 bits per heavy atom. The zero-order valence-corrected chi connectivity index (χ0v) is 18.3. The summed E-state index contributed by atoms with van der Waals surface area (Å²) >= 11 is 6.63. The number of benzene rings is 1. The Balaban J connectivity index is 1.87. The van der Waals surface area contributed by atoms with Gasteiger partial charge in [-0.25, -0.2) is 0 Å². The minimum Gasteiger partial charge on any atom is -0.480 e. The molecular formula is C18H19Br2N5O4. The zero-order valence-electron chi connectivity index (χ0n) is 15.2. The van der Waals surface area contributed by atoms with Crippen LogP contribution in [0.3, 0.4) is 0 Å². The number of aliphatic carboxylic acids is 1. The third kappa shape index (κ3) is 5.17. The molecule has 1 saturated heterocycles. The molecule has 9 nitrogen and oxygen atoms in total. The van der Waals surface area contributed by atoms with Gasteiger partial charge in [0.1, 0.15) is 12.2 Å². The second-order valence-corrected chi connectivity index (χ2v) is 8.25. The van der Waals surface area contributed by atoms with Gasteiger partial charge in [-0.05, 0) is 62.5 Å². The molecule has 0 saturated carbocycles. The molecule has 2 heterocycles. The number of carbonyl (C=O) groups excluding carboxylic acids is 2. The number of hydrogen-bond acceptors (Lipinski definition) is 5. The minimum absolute atomic E-state index is 0.00152. The SMILES string of the molecule is N[C@@H]1CCN(c2cc(C(=O)NCC(=O)O)ccc2NC(=O)c2cc(Br)c(Br)[nH]2)C1. The van der Waals surface area contributed by atoms with Crippen LogP contribution in [0.5, 0.6) is 0 Å². The van der Waals surface area contributed by atoms with E-state index < -0.39 is 18.4 Å². The Kier molecular flexibility index (Phi) is 6.60. The van der Waals surface area contributed by atoms with Crippen LogP contribution in [0.25, 0.3) is 0 Å². The van der Waals surface area contributed by atoms with E-state index in [-0.39, 0.29) is 11.9 Å². The maximum atomic E-state index is 12.6. The fraction of sp³-hybridized carbons (Fsp3) is 0.278. The smallest absolute Gasteiger partial charge is 0.322 e. The van der Waals surface area contributed by atoms with E-state index in [1.807, 2.05) is 4.90 Å². The van der Waals surface area contributed by atoms with E-state index in [9.17, 15) is 14.4 Å². The number of aromatic amines is 1. The van der Waals surface area contributed by atoms with Crippen LogP contribution in [0, 0.1) is 0 Å². The van der Waals surface area contributed by atoms with Crippen LogP contribution in [-0.4, -0.2) is 53.6 Å². The lowest BCUT2D eigenvalue weighted by molar-refractivity contribution is -0.135. The van der Waals surface area contributed by atoms with Gasteiger partial charge in [0, 0.05) is 24.7 Å². The van der Waals surface area contributed by atoms with Gasteiger partial charge in [0.25, 0.3) is 11.8 Å². The molecule has 0 spiro atoms. The zero-order chi connectivity index (χ0) is 21.1. The fourth-order valence-electron chi connectivity index (χ4n) is 3.02. The molecule has 1 aliphatic heterocycles. The maximum Gasteiger partial charge on any atom is 0.322 e. The molecule has 2 aromatic rings. The highest BCUT2D eigenvalue weighted by Crippen LogP contribution is 2.31. The molecule has 154 valence electrons. The molecule has 1 aromatic heterocycles. The molecule has 29 heavy (non-hydrogen) atoms. The van der Waals surface area contributed by atoms with Crippen molar-refractivity contribution in [3.05, 3.63) is 44.6 Å². The van der Waals surface area contributed by atoms with Gasteiger partial charge in [0.15, 0.2) is 0 Å². The third-order valence-corrected chi connectivity index (χ3v) is 6.23. The number of carboxylic acids is 1. The number of anilines is 2. The predicted molar refractivity (Wildman–Crippen MR) is 115 cm³/mol. The van der Waals surface area contributed by atoms with E-state index in [1.165, 1.54) is 6.07 Å². The van der Waals surface area contributed by atoms with Gasteiger partial charge >= 0.3 is 5.97 Å². The third-order valence-electron chi connectivity index (χ3n) is 4.44. The second kappa shape index (κ2) is 8.97. The van der Waals surface area contributed by atoms with Crippen molar-refractivity contribution in [1.29, 1.82) is 0 Å². The number of nitrogens with zero attached hydrogens (tertiary/aromatic N) is 1. The molecule has 1 aromatic carbocycles. The Morgan fingerprint density at radius 3 is 2.59 bits per heavy atom. The van der Waals surface area contributed by atoms with Crippen LogP contribution in [0.1, 0.15) is 27.3 Å². The first-order chi connectivity index (χ1) is 13.7. The summed E-state index contributed by atoms with van der Waals surface area (Å²) in [4.78, 5) is 40.5. The number of amides is 2. The summed E-state index contributed by atoms with van der Waals surface area (Å²) in [6.45, 7) is 0.796. The molecule has 0 unspecified atom stereocenters. The summed E-state index contributed by atoms with van der Waals surface area (Å²) in [6.07, 6.45) is 0.791. The van der Waals surface area contributed by atoms with Crippen LogP contribution in [-0.2, 0) is 4.79 Å². The molecule has 1 atom stereocenters.